The van der Waals surface area contributed by atoms with Gasteiger partial charge in [-0.25, -0.2) is 4.79 Å². The first-order valence-electron chi connectivity index (χ1n) is 12.3. The predicted octanol–water partition coefficient (Wildman–Crippen LogP) is 7.72. The molecular weight excluding hydrogens is 498 g/mol. The number of carboxylic acid groups (broad SMARTS) is 1. The molecule has 7 nitrogen and oxygen atoms in total. The third-order valence-corrected chi connectivity index (χ3v) is 9.38. The second-order valence-corrected chi connectivity index (χ2v) is 12.3. The monoisotopic (exact) mass is 535 g/mol. The summed E-state index contributed by atoms with van der Waals surface area (Å²) in [5, 5.41) is 18.8. The van der Waals surface area contributed by atoms with E-state index in [1.807, 2.05) is 24.5 Å². The molecule has 1 heterocycles. The summed E-state index contributed by atoms with van der Waals surface area (Å²) in [6, 6.07) is 10.5. The van der Waals surface area contributed by atoms with Crippen LogP contribution in [-0.4, -0.2) is 43.8 Å². The second kappa shape index (κ2) is 12.3. The lowest BCUT2D eigenvalue weighted by Gasteiger charge is -2.42. The number of aromatic hydroxyl groups is 1. The largest absolute Gasteiger partial charge is 0.508 e. The Morgan fingerprint density at radius 2 is 1.78 bits per heavy atom. The zero-order chi connectivity index (χ0) is 26.3. The van der Waals surface area contributed by atoms with Gasteiger partial charge in [0.2, 0.25) is 0 Å². The number of aliphatic carboxylic acids is 1. The minimum atomic E-state index is -3.21. The first-order valence-corrected chi connectivity index (χ1v) is 15.2. The Hall–Kier alpha value is -2.33. The summed E-state index contributed by atoms with van der Waals surface area (Å²) in [6.45, 7) is 4.91. The summed E-state index contributed by atoms with van der Waals surface area (Å²) in [7, 11) is -3.21. The number of phenolic OH excluding ortho intramolecular Hbond substituents is 1. The maximum Gasteiger partial charge on any atom is 0.331 e. The van der Waals surface area contributed by atoms with E-state index in [9.17, 15) is 19.0 Å². The van der Waals surface area contributed by atoms with Gasteiger partial charge >= 0.3 is 5.97 Å². The van der Waals surface area contributed by atoms with Gasteiger partial charge in [0.15, 0.2) is 0 Å². The molecule has 9 heteroatoms. The quantitative estimate of drug-likeness (QED) is 0.131. The number of phenols is 1. The van der Waals surface area contributed by atoms with Gasteiger partial charge in [-0.1, -0.05) is 39.5 Å². The molecule has 2 aromatic carbocycles. The molecule has 0 amide bonds. The van der Waals surface area contributed by atoms with E-state index in [0.29, 0.717) is 22.9 Å². The van der Waals surface area contributed by atoms with Crippen LogP contribution >= 0.6 is 22.4 Å². The molecule has 0 aliphatic carbocycles. The normalized spacial score (nSPS) is 17.4. The Morgan fingerprint density at radius 1 is 1.14 bits per heavy atom. The maximum absolute atomic E-state index is 11.6. The fraction of sp³-hybridized carbons (Fsp3) is 0.444. The van der Waals surface area contributed by atoms with E-state index in [-0.39, 0.29) is 16.9 Å². The molecular formula is C27H37NO6S2. The fourth-order valence-corrected chi connectivity index (χ4v) is 7.51. The smallest absolute Gasteiger partial charge is 0.331 e. The third kappa shape index (κ3) is 6.70. The van der Waals surface area contributed by atoms with E-state index in [4.69, 9.17) is 9.84 Å². The number of carboxylic acids is 1. The summed E-state index contributed by atoms with van der Waals surface area (Å²) in [5.41, 5.74) is 1.23. The van der Waals surface area contributed by atoms with Gasteiger partial charge in [0.25, 0.3) is 0 Å². The topological polar surface area (TPSA) is 110 Å². The molecule has 3 rings (SSSR count). The van der Waals surface area contributed by atoms with Crippen LogP contribution in [0, 0.1) is 5.41 Å². The summed E-state index contributed by atoms with van der Waals surface area (Å²) < 4.78 is 28.9. The number of nitrogens with zero attached hydrogens (tertiary/aromatic N) is 1. The van der Waals surface area contributed by atoms with Gasteiger partial charge in [0, 0.05) is 29.5 Å². The molecule has 36 heavy (non-hydrogen) atoms. The van der Waals surface area contributed by atoms with Crippen molar-refractivity contribution in [3.8, 4) is 11.5 Å². The minimum absolute atomic E-state index is 0.167. The van der Waals surface area contributed by atoms with E-state index in [1.54, 1.807) is 18.2 Å². The van der Waals surface area contributed by atoms with Crippen molar-refractivity contribution in [2.45, 2.75) is 62.2 Å². The lowest BCUT2D eigenvalue weighted by Crippen LogP contribution is -2.37. The van der Waals surface area contributed by atoms with Crippen molar-refractivity contribution < 1.29 is 28.8 Å². The van der Waals surface area contributed by atoms with Crippen molar-refractivity contribution in [2.24, 2.45) is 5.41 Å². The number of ether oxygens (including phenoxy) is 1. The molecule has 0 fully saturated rings. The standard InChI is InChI=1S/C27H37NO6S2/c1-4-6-13-27(14-7-5-2)18-28(20-8-10-21(29)11-9-20)22-16-24(35-3)23(34-15-12-26(30)31)17-25(22)36(32,33)19-27/h8-12,15-17,29,32-33H,4-7,13-14,18-19H2,1-3H3,(H,30,31)/b15-12+. The Kier molecular flexibility index (Phi) is 9.63. The van der Waals surface area contributed by atoms with Gasteiger partial charge in [-0.15, -0.1) is 11.8 Å². The average Bonchev–Trinajstić information content (AvgIpc) is 2.93. The molecule has 1 aliphatic rings. The Bertz CT molecular complexity index is 1060. The van der Waals surface area contributed by atoms with Gasteiger partial charge in [0.1, 0.15) is 11.5 Å². The number of unbranched alkanes of at least 4 members (excludes halogenated alkanes) is 2. The predicted molar refractivity (Wildman–Crippen MR) is 148 cm³/mol. The zero-order valence-electron chi connectivity index (χ0n) is 21.1. The third-order valence-electron chi connectivity index (χ3n) is 6.58. The molecule has 0 spiro atoms. The molecule has 0 bridgehead atoms. The molecule has 0 aromatic heterocycles. The molecule has 0 atom stereocenters. The van der Waals surface area contributed by atoms with Crippen molar-refractivity contribution in [1.82, 2.24) is 0 Å². The van der Waals surface area contributed by atoms with Crippen LogP contribution < -0.4 is 9.64 Å². The van der Waals surface area contributed by atoms with Crippen LogP contribution in [-0.2, 0) is 4.79 Å². The van der Waals surface area contributed by atoms with Crippen LogP contribution in [0.4, 0.5) is 11.4 Å². The Labute approximate surface area is 219 Å². The molecule has 0 radical (unpaired) electrons. The van der Waals surface area contributed by atoms with Gasteiger partial charge in [0.05, 0.1) is 27.8 Å². The summed E-state index contributed by atoms with van der Waals surface area (Å²) in [6.07, 6.45) is 9.65. The van der Waals surface area contributed by atoms with Gasteiger partial charge in [-0.05, 0) is 49.4 Å². The molecule has 2 aromatic rings. The highest BCUT2D eigenvalue weighted by atomic mass is 32.3. The number of anilines is 2. The van der Waals surface area contributed by atoms with Crippen molar-refractivity contribution in [3.05, 3.63) is 48.7 Å². The lowest BCUT2D eigenvalue weighted by atomic mass is 9.79. The van der Waals surface area contributed by atoms with E-state index in [0.717, 1.165) is 61.4 Å². The number of hydrogen-bond acceptors (Lipinski definition) is 7. The summed E-state index contributed by atoms with van der Waals surface area (Å²) >= 11 is 1.43. The highest BCUT2D eigenvalue weighted by Gasteiger charge is 2.42. The van der Waals surface area contributed by atoms with Crippen LogP contribution in [0.25, 0.3) is 0 Å². The highest BCUT2D eigenvalue weighted by molar-refractivity contribution is 8.24. The van der Waals surface area contributed by atoms with Crippen molar-refractivity contribution >= 4 is 39.7 Å². The number of benzene rings is 2. The first-order chi connectivity index (χ1) is 17.1. The van der Waals surface area contributed by atoms with Crippen LogP contribution in [0.5, 0.6) is 11.5 Å². The second-order valence-electron chi connectivity index (χ2n) is 9.35. The molecule has 4 N–H and O–H groups in total. The van der Waals surface area contributed by atoms with E-state index in [1.165, 1.54) is 11.8 Å². The average molecular weight is 536 g/mol. The van der Waals surface area contributed by atoms with Crippen molar-refractivity contribution in [2.75, 3.05) is 23.5 Å². The number of rotatable bonds is 11. The molecule has 1 aliphatic heterocycles. The highest BCUT2D eigenvalue weighted by Crippen LogP contribution is 2.62. The van der Waals surface area contributed by atoms with E-state index in [2.05, 4.69) is 18.7 Å². The number of hydrogen-bond donors (Lipinski definition) is 4. The first kappa shape index (κ1) is 28.2. The van der Waals surface area contributed by atoms with Crippen molar-refractivity contribution in [3.63, 3.8) is 0 Å². The summed E-state index contributed by atoms with van der Waals surface area (Å²) in [5.74, 6) is -0.334. The Morgan fingerprint density at radius 3 is 2.33 bits per heavy atom. The molecule has 0 saturated carbocycles. The van der Waals surface area contributed by atoms with Crippen LogP contribution in [0.1, 0.15) is 52.4 Å². The summed E-state index contributed by atoms with van der Waals surface area (Å²) in [4.78, 5) is 14.2. The molecule has 0 unspecified atom stereocenters. The number of carbonyl (C=O) groups is 1. The minimum Gasteiger partial charge on any atom is -0.508 e. The fourth-order valence-electron chi connectivity index (χ4n) is 4.79. The van der Waals surface area contributed by atoms with Gasteiger partial charge in [-0.2, -0.15) is 10.6 Å². The molecule has 198 valence electrons. The number of fused-ring (bicyclic) bond motifs is 1. The van der Waals surface area contributed by atoms with E-state index >= 15 is 0 Å². The zero-order valence-corrected chi connectivity index (χ0v) is 22.8. The van der Waals surface area contributed by atoms with Gasteiger partial charge in [-0.3, -0.25) is 9.11 Å². The maximum atomic E-state index is 11.6. The van der Waals surface area contributed by atoms with Gasteiger partial charge < -0.3 is 19.8 Å². The Balaban J connectivity index is 2.22. The number of thioether (sulfide) groups is 1. The van der Waals surface area contributed by atoms with Crippen LogP contribution in [0.15, 0.2) is 58.5 Å². The van der Waals surface area contributed by atoms with Crippen LogP contribution in [0.2, 0.25) is 0 Å². The van der Waals surface area contributed by atoms with Crippen molar-refractivity contribution in [1.29, 1.82) is 0 Å². The molecule has 0 saturated heterocycles. The van der Waals surface area contributed by atoms with Crippen LogP contribution in [0.3, 0.4) is 0 Å². The lowest BCUT2D eigenvalue weighted by molar-refractivity contribution is -0.131. The van der Waals surface area contributed by atoms with E-state index < -0.39 is 16.6 Å². The SMILES string of the molecule is CCCCC1(CCCC)CN(c2ccc(O)cc2)c2cc(SC)c(O/C=C/C(=O)O)cc2S(O)(O)C1.